The second-order valence-electron chi connectivity index (χ2n) is 15.3. The van der Waals surface area contributed by atoms with Gasteiger partial charge in [-0.05, 0) is 44.9 Å². The quantitative estimate of drug-likeness (QED) is 0.0391. The number of imidazole rings is 1. The number of aromatic nitrogens is 5. The number of fused-ring (bicyclic) bond motifs is 2. The number of carbonyl (C=O) groups is 3. The molecule has 0 unspecified atom stereocenters. The maximum Gasteiger partial charge on any atom is 0.430 e. The van der Waals surface area contributed by atoms with Crippen molar-refractivity contribution in [1.82, 2.24) is 34.6 Å². The number of aryl methyl sites for hydroxylation is 2. The summed E-state index contributed by atoms with van der Waals surface area (Å²) in [5.74, 6) is -2.98. The van der Waals surface area contributed by atoms with Crippen LogP contribution in [-0.2, 0) is 24.4 Å². The number of aliphatic hydroxyl groups excluding tert-OH is 10. The minimum atomic E-state index is -5.19. The Morgan fingerprint density at radius 1 is 0.908 bits per heavy atom. The first-order valence-corrected chi connectivity index (χ1v) is 20.5. The van der Waals surface area contributed by atoms with Crippen LogP contribution in [-0.4, -0.2) is 199 Å². The molecule has 23 nitrogen and oxygen atoms in total. The van der Waals surface area contributed by atoms with Crippen molar-refractivity contribution in [3.05, 3.63) is 47.5 Å². The fraction of sp³-hybridized carbons (Fsp3) is 0.590. The second kappa shape index (κ2) is 22.9. The lowest BCUT2D eigenvalue weighted by Gasteiger charge is -2.41. The molecule has 0 spiro atoms. The number of hydrogen-bond donors (Lipinski definition) is 13. The molecule has 3 aromatic heterocycles. The van der Waals surface area contributed by atoms with E-state index in [1.165, 1.54) is 4.90 Å². The van der Waals surface area contributed by atoms with E-state index in [0.29, 0.717) is 42.7 Å². The summed E-state index contributed by atoms with van der Waals surface area (Å²) in [4.78, 5) is 50.6. The average molecular weight is 932 g/mol. The molecule has 26 heteroatoms. The molecule has 65 heavy (non-hydrogen) atoms. The van der Waals surface area contributed by atoms with Crippen molar-refractivity contribution in [2.45, 2.75) is 107 Å². The standard InChI is InChI=1S/C37H55N9O12.C2HF3O2/c1-3-45-22-6-5-19(13-23(22)46(4-2)28(45)14-40-36(57)29-34(38)42-35-21(41-29)7-10-39-35)37(58)43-11-8-20(9-12-43)44(15-24(49)30(53)32(55)26(51)17-47)16-25(50)31(54)33(56)27(52)18-48;3-2(4,5)1(6)7/h5-7,10,13,20,24-27,30-33,47-56H,3-4,8-9,11-12,14-18H2,1-2H3,(H3-,38,39,40,41,42,57);(H,6,7)/t24-,25-,26+,27+,30+,31+,32+,33+;/m0./s1. The number of nitrogens with one attached hydrogen (secondary N) is 2. The first kappa shape index (κ1) is 52.5. The largest absolute Gasteiger partial charge is 0.542 e. The highest BCUT2D eigenvalue weighted by molar-refractivity contribution is 5.98. The molecule has 8 atom stereocenters. The van der Waals surface area contributed by atoms with Gasteiger partial charge in [-0.3, -0.25) is 14.5 Å². The number of hydrogen-bond acceptors (Lipinski definition) is 18. The van der Waals surface area contributed by atoms with Crippen molar-refractivity contribution >= 4 is 45.8 Å². The van der Waals surface area contributed by atoms with Gasteiger partial charge >= 0.3 is 6.18 Å². The van der Waals surface area contributed by atoms with E-state index in [2.05, 4.69) is 20.3 Å². The number of benzene rings is 1. The number of aromatic amines is 1. The maximum atomic E-state index is 13.9. The molecular formula is C39H56F3N9O14. The lowest BCUT2D eigenvalue weighted by Crippen LogP contribution is -2.56. The summed E-state index contributed by atoms with van der Waals surface area (Å²) < 4.78 is 35.6. The summed E-state index contributed by atoms with van der Waals surface area (Å²) in [6.07, 6.45) is -17.5. The molecule has 1 aromatic carbocycles. The third kappa shape index (κ3) is 12.6. The van der Waals surface area contributed by atoms with Gasteiger partial charge in [-0.2, -0.15) is 13.2 Å². The van der Waals surface area contributed by atoms with Crippen molar-refractivity contribution < 1.29 is 88.3 Å². The first-order valence-electron chi connectivity index (χ1n) is 20.5. The van der Waals surface area contributed by atoms with Crippen LogP contribution in [0.1, 0.15) is 53.4 Å². The number of nitrogen functional groups attached to an aromatic ring is 1. The second-order valence-corrected chi connectivity index (χ2v) is 15.3. The highest BCUT2D eigenvalue weighted by Crippen LogP contribution is 2.24. The Labute approximate surface area is 368 Å². The van der Waals surface area contributed by atoms with Crippen LogP contribution in [0, 0.1) is 0 Å². The molecule has 1 aliphatic rings. The summed E-state index contributed by atoms with van der Waals surface area (Å²) in [5.41, 5.74) is 9.05. The number of nitrogens with two attached hydrogens (primary N) is 1. The Morgan fingerprint density at radius 2 is 1.45 bits per heavy atom. The number of aliphatic hydroxyl groups is 10. The maximum absolute atomic E-state index is 13.9. The van der Waals surface area contributed by atoms with Gasteiger partial charge in [-0.1, -0.05) is 0 Å². The van der Waals surface area contributed by atoms with E-state index in [4.69, 9.17) is 15.6 Å². The van der Waals surface area contributed by atoms with Crippen molar-refractivity contribution in [1.29, 1.82) is 0 Å². The lowest BCUT2D eigenvalue weighted by molar-refractivity contribution is -0.676. The third-order valence-corrected chi connectivity index (χ3v) is 11.1. The Kier molecular flexibility index (Phi) is 18.5. The van der Waals surface area contributed by atoms with E-state index in [9.17, 15) is 73.8 Å². The molecular weight excluding hydrogens is 875 g/mol. The number of alkyl halides is 3. The normalized spacial score (nSPS) is 17.5. The number of amides is 2. The van der Waals surface area contributed by atoms with Crippen LogP contribution in [0.25, 0.3) is 22.2 Å². The van der Waals surface area contributed by atoms with Crippen molar-refractivity contribution in [3.8, 4) is 0 Å². The number of carbonyl (C=O) groups excluding carboxylic acids is 3. The van der Waals surface area contributed by atoms with Crippen LogP contribution >= 0.6 is 0 Å². The molecule has 1 aliphatic heterocycles. The predicted octanol–water partition coefficient (Wildman–Crippen LogP) is -5.17. The number of rotatable bonds is 19. The van der Waals surface area contributed by atoms with Crippen molar-refractivity contribution in [2.75, 3.05) is 45.1 Å². The Morgan fingerprint density at radius 3 is 1.94 bits per heavy atom. The molecule has 1 saturated heterocycles. The highest BCUT2D eigenvalue weighted by Gasteiger charge is 2.38. The predicted molar refractivity (Wildman–Crippen MR) is 217 cm³/mol. The zero-order chi connectivity index (χ0) is 48.5. The van der Waals surface area contributed by atoms with Crippen LogP contribution in [0.15, 0.2) is 30.5 Å². The van der Waals surface area contributed by atoms with Gasteiger partial charge in [0, 0.05) is 50.0 Å². The first-order chi connectivity index (χ1) is 30.6. The average Bonchev–Trinajstić information content (AvgIpc) is 3.88. The SMILES string of the molecule is CCn1c(CNC(=O)c2nc3cc[nH]c3nc2N)[n+](CC)c2ccc(C(=O)N3CCC(N(C[C@H](O)[C@@H](O)[C@H](O)[C@H](O)CO)C[C@H](O)[C@@H](O)[C@H](O)[C@H](O)CO)CC3)cc21.O=C([O-])C(F)(F)F. The van der Waals surface area contributed by atoms with Crippen LogP contribution in [0.4, 0.5) is 19.0 Å². The topological polar surface area (TPSA) is 371 Å². The number of aliphatic carboxylic acids is 1. The molecule has 5 rings (SSSR count). The van der Waals surface area contributed by atoms with Gasteiger partial charge in [-0.15, -0.1) is 0 Å². The van der Waals surface area contributed by atoms with Crippen LogP contribution in [0.3, 0.4) is 0 Å². The van der Waals surface area contributed by atoms with Gasteiger partial charge in [0.05, 0.1) is 38.5 Å². The van der Waals surface area contributed by atoms with Gasteiger partial charge in [0.25, 0.3) is 17.6 Å². The summed E-state index contributed by atoms with van der Waals surface area (Å²) in [6.45, 7) is 3.06. The van der Waals surface area contributed by atoms with E-state index >= 15 is 0 Å². The summed E-state index contributed by atoms with van der Waals surface area (Å²) in [7, 11) is 0. The molecule has 0 aliphatic carbocycles. The summed E-state index contributed by atoms with van der Waals surface area (Å²) in [5, 5.41) is 113. The van der Waals surface area contributed by atoms with Crippen LogP contribution in [0.5, 0.6) is 0 Å². The van der Waals surface area contributed by atoms with E-state index < -0.39 is 99.2 Å². The van der Waals surface area contributed by atoms with E-state index in [1.54, 1.807) is 29.3 Å². The fourth-order valence-electron chi connectivity index (χ4n) is 7.53. The molecule has 1 fully saturated rings. The molecule has 362 valence electrons. The number of carboxylic acid groups (broad SMARTS) is 1. The molecule has 4 heterocycles. The molecule has 4 aromatic rings. The molecule has 0 bridgehead atoms. The number of halogens is 3. The minimum Gasteiger partial charge on any atom is -0.542 e. The number of anilines is 1. The highest BCUT2D eigenvalue weighted by atomic mass is 19.4. The molecule has 0 saturated carbocycles. The fourth-order valence-corrected chi connectivity index (χ4v) is 7.53. The van der Waals surface area contributed by atoms with Gasteiger partial charge in [0.2, 0.25) is 0 Å². The number of carboxylic acids is 1. The van der Waals surface area contributed by atoms with Crippen molar-refractivity contribution in [3.63, 3.8) is 0 Å². The zero-order valence-electron chi connectivity index (χ0n) is 35.4. The lowest BCUT2D eigenvalue weighted by atomic mass is 9.97. The van der Waals surface area contributed by atoms with Gasteiger partial charge in [0.1, 0.15) is 54.7 Å². The van der Waals surface area contributed by atoms with E-state index in [0.717, 1.165) is 16.9 Å². The van der Waals surface area contributed by atoms with E-state index in [-0.39, 0.29) is 37.1 Å². The summed E-state index contributed by atoms with van der Waals surface area (Å²) in [6, 6.07) is 6.61. The Balaban J connectivity index is 0.00000122. The van der Waals surface area contributed by atoms with Crippen LogP contribution < -0.4 is 20.7 Å². The van der Waals surface area contributed by atoms with Crippen molar-refractivity contribution in [2.24, 2.45) is 0 Å². The van der Waals surface area contributed by atoms with Crippen LogP contribution in [0.2, 0.25) is 0 Å². The number of H-pyrrole nitrogens is 1. The third-order valence-electron chi connectivity index (χ3n) is 11.1. The Hall–Kier alpha value is -5.13. The minimum absolute atomic E-state index is 0.00462. The number of piperidine rings is 1. The van der Waals surface area contributed by atoms with E-state index in [1.807, 2.05) is 29.0 Å². The van der Waals surface area contributed by atoms with Gasteiger partial charge in [-0.25, -0.2) is 19.1 Å². The number of likely N-dealkylation sites (tertiary alicyclic amines) is 1. The monoisotopic (exact) mass is 931 g/mol. The molecule has 14 N–H and O–H groups in total. The number of nitrogens with zero attached hydrogens (tertiary/aromatic N) is 6. The van der Waals surface area contributed by atoms with Gasteiger partial charge in [0.15, 0.2) is 28.2 Å². The molecule has 0 radical (unpaired) electrons. The smallest absolute Gasteiger partial charge is 0.430 e. The summed E-state index contributed by atoms with van der Waals surface area (Å²) >= 11 is 0. The molecule has 2 amide bonds. The van der Waals surface area contributed by atoms with Gasteiger partial charge < -0.3 is 81.9 Å². The Bertz CT molecular complexity index is 2190. The zero-order valence-corrected chi connectivity index (χ0v) is 35.4.